The Morgan fingerprint density at radius 1 is 1.40 bits per heavy atom. The Morgan fingerprint density at radius 2 is 2.16 bits per heavy atom. The first-order valence-corrected chi connectivity index (χ1v) is 8.08. The molecule has 2 aliphatic rings. The first kappa shape index (κ1) is 17.9. The van der Waals surface area contributed by atoms with E-state index in [2.05, 4.69) is 11.2 Å². The van der Waals surface area contributed by atoms with E-state index in [1.807, 2.05) is 30.3 Å². The Hall–Kier alpha value is -1.95. The molecule has 0 aromatic heterocycles. The van der Waals surface area contributed by atoms with E-state index in [4.69, 9.17) is 25.4 Å². The smallest absolute Gasteiger partial charge is 0.217 e. The van der Waals surface area contributed by atoms with Crippen molar-refractivity contribution in [1.82, 2.24) is 5.32 Å². The molecule has 0 bridgehead atoms. The summed E-state index contributed by atoms with van der Waals surface area (Å²) in [6.07, 6.45) is 1.51. The van der Waals surface area contributed by atoms with Gasteiger partial charge < -0.3 is 29.4 Å². The van der Waals surface area contributed by atoms with Gasteiger partial charge in [-0.25, -0.2) is 0 Å². The number of ether oxygens (including phenoxy) is 4. The van der Waals surface area contributed by atoms with Gasteiger partial charge >= 0.3 is 0 Å². The number of aliphatic hydroxyl groups is 1. The molecule has 2 saturated heterocycles. The molecule has 7 nitrogen and oxygen atoms in total. The second kappa shape index (κ2) is 7.95. The molecule has 1 aromatic rings. The minimum atomic E-state index is -1.03. The number of terminal acetylenes is 1. The number of carbonyl (C=O) groups is 1. The van der Waals surface area contributed by atoms with Gasteiger partial charge in [-0.1, -0.05) is 36.3 Å². The zero-order valence-electron chi connectivity index (χ0n) is 13.8. The van der Waals surface area contributed by atoms with Gasteiger partial charge in [-0.3, -0.25) is 4.79 Å². The summed E-state index contributed by atoms with van der Waals surface area (Å²) in [4.78, 5) is 11.5. The molecule has 2 aliphatic heterocycles. The van der Waals surface area contributed by atoms with Crippen LogP contribution in [0.4, 0.5) is 0 Å². The van der Waals surface area contributed by atoms with Crippen LogP contribution in [-0.4, -0.2) is 54.9 Å². The Labute approximate surface area is 146 Å². The SMILES string of the molecule is C#CCO[C@H]1O[C@@H]2COC(c3ccccc3)O[C@H]2[C@H](O)[C@H]1NC(C)=O. The van der Waals surface area contributed by atoms with Crippen molar-refractivity contribution in [2.75, 3.05) is 13.2 Å². The lowest BCUT2D eigenvalue weighted by Gasteiger charge is -2.47. The van der Waals surface area contributed by atoms with Gasteiger partial charge in [0.15, 0.2) is 12.6 Å². The number of benzene rings is 1. The van der Waals surface area contributed by atoms with Crippen LogP contribution in [-0.2, 0) is 23.7 Å². The number of hydrogen-bond donors (Lipinski definition) is 2. The molecule has 6 atom stereocenters. The number of aliphatic hydroxyl groups excluding tert-OH is 1. The number of rotatable bonds is 4. The van der Waals surface area contributed by atoms with Gasteiger partial charge in [0.2, 0.25) is 5.91 Å². The van der Waals surface area contributed by atoms with Crippen molar-refractivity contribution in [3.63, 3.8) is 0 Å². The van der Waals surface area contributed by atoms with Crippen LogP contribution in [0.15, 0.2) is 30.3 Å². The molecule has 0 spiro atoms. The highest BCUT2D eigenvalue weighted by atomic mass is 16.7. The molecule has 3 rings (SSSR count). The van der Waals surface area contributed by atoms with Gasteiger partial charge in [-0.05, 0) is 0 Å². The monoisotopic (exact) mass is 347 g/mol. The lowest BCUT2D eigenvalue weighted by molar-refractivity contribution is -0.342. The third kappa shape index (κ3) is 4.00. The standard InChI is InChI=1S/C18H21NO6/c1-3-9-22-18-14(19-11(2)20)15(21)16-13(24-18)10-23-17(25-16)12-7-5-4-6-8-12/h1,4-8,13-18,21H,9-10H2,2H3,(H,19,20)/t13-,14-,15-,16-,17?,18+/m1/s1. The molecule has 0 radical (unpaired) electrons. The summed E-state index contributed by atoms with van der Waals surface area (Å²) >= 11 is 0. The van der Waals surface area contributed by atoms with Crippen LogP contribution in [0.1, 0.15) is 18.8 Å². The summed E-state index contributed by atoms with van der Waals surface area (Å²) in [7, 11) is 0. The molecule has 2 fully saturated rings. The van der Waals surface area contributed by atoms with Crippen molar-refractivity contribution in [2.45, 2.75) is 43.9 Å². The van der Waals surface area contributed by atoms with Crippen LogP contribution in [0.3, 0.4) is 0 Å². The lowest BCUT2D eigenvalue weighted by atomic mass is 9.95. The van der Waals surface area contributed by atoms with Crippen LogP contribution in [0, 0.1) is 12.3 Å². The normalized spacial score (nSPS) is 34.6. The van der Waals surface area contributed by atoms with E-state index in [1.165, 1.54) is 6.92 Å². The summed E-state index contributed by atoms with van der Waals surface area (Å²) in [5, 5.41) is 13.4. The fourth-order valence-electron chi connectivity index (χ4n) is 3.03. The van der Waals surface area contributed by atoms with E-state index < -0.39 is 36.9 Å². The van der Waals surface area contributed by atoms with Gasteiger partial charge in [-0.2, -0.15) is 0 Å². The average Bonchev–Trinajstić information content (AvgIpc) is 2.63. The number of hydrogen-bond acceptors (Lipinski definition) is 6. The molecule has 1 unspecified atom stereocenters. The molecule has 2 heterocycles. The third-order valence-corrected chi connectivity index (χ3v) is 4.14. The highest BCUT2D eigenvalue weighted by Gasteiger charge is 2.50. The van der Waals surface area contributed by atoms with E-state index in [1.54, 1.807) is 0 Å². The van der Waals surface area contributed by atoms with E-state index in [0.29, 0.717) is 0 Å². The quantitative estimate of drug-likeness (QED) is 0.764. The minimum Gasteiger partial charge on any atom is -0.388 e. The topological polar surface area (TPSA) is 86.2 Å². The predicted molar refractivity (Wildman–Crippen MR) is 87.1 cm³/mol. The van der Waals surface area contributed by atoms with Crippen molar-refractivity contribution in [1.29, 1.82) is 0 Å². The molecule has 0 aliphatic carbocycles. The molecule has 1 amide bonds. The van der Waals surface area contributed by atoms with Crippen molar-refractivity contribution >= 4 is 5.91 Å². The molecule has 134 valence electrons. The van der Waals surface area contributed by atoms with E-state index in [9.17, 15) is 9.90 Å². The highest BCUT2D eigenvalue weighted by molar-refractivity contribution is 5.73. The summed E-state index contributed by atoms with van der Waals surface area (Å²) in [5.41, 5.74) is 0.843. The summed E-state index contributed by atoms with van der Waals surface area (Å²) in [5.74, 6) is 2.03. The second-order valence-corrected chi connectivity index (χ2v) is 5.95. The molecule has 7 heteroatoms. The largest absolute Gasteiger partial charge is 0.388 e. The van der Waals surface area contributed by atoms with E-state index >= 15 is 0 Å². The van der Waals surface area contributed by atoms with Gasteiger partial charge in [0.25, 0.3) is 0 Å². The van der Waals surface area contributed by atoms with Gasteiger partial charge in [0, 0.05) is 12.5 Å². The van der Waals surface area contributed by atoms with Gasteiger partial charge in [0.1, 0.15) is 31.0 Å². The highest BCUT2D eigenvalue weighted by Crippen LogP contribution is 2.34. The Balaban J connectivity index is 1.75. The average molecular weight is 347 g/mol. The predicted octanol–water partition coefficient (Wildman–Crippen LogP) is 0.341. The van der Waals surface area contributed by atoms with Crippen LogP contribution < -0.4 is 5.32 Å². The number of carbonyl (C=O) groups excluding carboxylic acids is 1. The second-order valence-electron chi connectivity index (χ2n) is 5.95. The van der Waals surface area contributed by atoms with Crippen molar-refractivity contribution in [3.05, 3.63) is 35.9 Å². The molecule has 0 saturated carbocycles. The minimum absolute atomic E-state index is 0.000781. The maximum Gasteiger partial charge on any atom is 0.217 e. The first-order chi connectivity index (χ1) is 12.1. The molecule has 25 heavy (non-hydrogen) atoms. The van der Waals surface area contributed by atoms with Crippen molar-refractivity contribution in [3.8, 4) is 12.3 Å². The molecular formula is C18H21NO6. The summed E-state index contributed by atoms with van der Waals surface area (Å²) in [6.45, 7) is 1.58. The first-order valence-electron chi connectivity index (χ1n) is 8.08. The van der Waals surface area contributed by atoms with Crippen molar-refractivity contribution in [2.24, 2.45) is 0 Å². The lowest BCUT2D eigenvalue weighted by Crippen LogP contribution is -2.66. The fourth-order valence-corrected chi connectivity index (χ4v) is 3.03. The Kier molecular flexibility index (Phi) is 5.68. The van der Waals surface area contributed by atoms with Crippen LogP contribution >= 0.6 is 0 Å². The molecule has 1 aromatic carbocycles. The van der Waals surface area contributed by atoms with Crippen molar-refractivity contribution < 1.29 is 28.8 Å². The van der Waals surface area contributed by atoms with Crippen LogP contribution in [0.5, 0.6) is 0 Å². The van der Waals surface area contributed by atoms with E-state index in [0.717, 1.165) is 5.56 Å². The van der Waals surface area contributed by atoms with Gasteiger partial charge in [-0.15, -0.1) is 6.42 Å². The number of fused-ring (bicyclic) bond motifs is 1. The fraction of sp³-hybridized carbons (Fsp3) is 0.500. The van der Waals surface area contributed by atoms with E-state index in [-0.39, 0.29) is 19.1 Å². The maximum absolute atomic E-state index is 11.5. The number of amides is 1. The summed E-state index contributed by atoms with van der Waals surface area (Å²) < 4.78 is 22.9. The Bertz CT molecular complexity index is 630. The molecular weight excluding hydrogens is 326 g/mol. The summed E-state index contributed by atoms with van der Waals surface area (Å²) in [6, 6.07) is 8.63. The zero-order chi connectivity index (χ0) is 17.8. The molecule has 2 N–H and O–H groups in total. The maximum atomic E-state index is 11.5. The zero-order valence-corrected chi connectivity index (χ0v) is 13.8. The third-order valence-electron chi connectivity index (χ3n) is 4.14. The number of nitrogens with one attached hydrogen (secondary N) is 1. The van der Waals surface area contributed by atoms with Crippen LogP contribution in [0.25, 0.3) is 0 Å². The van der Waals surface area contributed by atoms with Crippen LogP contribution in [0.2, 0.25) is 0 Å². The Morgan fingerprint density at radius 3 is 2.84 bits per heavy atom. The van der Waals surface area contributed by atoms with Gasteiger partial charge in [0.05, 0.1) is 6.61 Å².